The molecular formula is C23H17F4N3O3. The van der Waals surface area contributed by atoms with E-state index in [1.54, 1.807) is 0 Å². The lowest BCUT2D eigenvalue weighted by molar-refractivity contribution is -0.137. The van der Waals surface area contributed by atoms with Gasteiger partial charge in [-0.2, -0.15) is 13.2 Å². The number of halogens is 4. The first-order valence-electron chi connectivity index (χ1n) is 9.89. The molecule has 4 rings (SSSR count). The Morgan fingerprint density at radius 2 is 1.82 bits per heavy atom. The van der Waals surface area contributed by atoms with Gasteiger partial charge in [0.2, 0.25) is 0 Å². The second-order valence-electron chi connectivity index (χ2n) is 7.23. The summed E-state index contributed by atoms with van der Waals surface area (Å²) in [4.78, 5) is 17.3. The Hall–Kier alpha value is -3.95. The molecule has 33 heavy (non-hydrogen) atoms. The molecule has 1 N–H and O–H groups in total. The summed E-state index contributed by atoms with van der Waals surface area (Å²) >= 11 is 0. The topological polar surface area (TPSA) is 81.2 Å². The van der Waals surface area contributed by atoms with Crippen molar-refractivity contribution in [2.75, 3.05) is 0 Å². The summed E-state index contributed by atoms with van der Waals surface area (Å²) in [6, 6.07) is 12.5. The van der Waals surface area contributed by atoms with Crippen molar-refractivity contribution in [2.45, 2.75) is 26.1 Å². The molecule has 0 unspecified atom stereocenters. The van der Waals surface area contributed by atoms with Gasteiger partial charge in [0.1, 0.15) is 11.5 Å². The third-order valence-electron chi connectivity index (χ3n) is 5.01. The molecule has 0 fully saturated rings. The molecule has 0 aliphatic rings. The van der Waals surface area contributed by atoms with E-state index in [0.29, 0.717) is 24.0 Å². The summed E-state index contributed by atoms with van der Waals surface area (Å²) in [7, 11) is 0. The second kappa shape index (κ2) is 8.53. The van der Waals surface area contributed by atoms with E-state index in [0.717, 1.165) is 5.56 Å². The molecular weight excluding hydrogens is 442 g/mol. The maximum Gasteiger partial charge on any atom is 0.417 e. The molecule has 0 bridgehead atoms. The van der Waals surface area contributed by atoms with Gasteiger partial charge in [0.05, 0.1) is 17.8 Å². The zero-order valence-corrected chi connectivity index (χ0v) is 17.2. The molecule has 0 amide bonds. The van der Waals surface area contributed by atoms with Crippen molar-refractivity contribution in [2.24, 2.45) is 0 Å². The molecule has 2 aromatic heterocycles. The van der Waals surface area contributed by atoms with E-state index in [9.17, 15) is 27.5 Å². The number of aromatic nitrogens is 3. The predicted octanol–water partition coefficient (Wildman–Crippen LogP) is 5.04. The number of aryl methyl sites for hydroxylation is 1. The zero-order valence-electron chi connectivity index (χ0n) is 17.2. The molecule has 0 radical (unpaired) electrons. The minimum absolute atomic E-state index is 0.0951. The van der Waals surface area contributed by atoms with Crippen LogP contribution >= 0.6 is 0 Å². The van der Waals surface area contributed by atoms with Crippen molar-refractivity contribution in [3.8, 4) is 28.3 Å². The fourth-order valence-corrected chi connectivity index (χ4v) is 3.43. The highest BCUT2D eigenvalue weighted by Gasteiger charge is 2.36. The number of rotatable bonds is 5. The van der Waals surface area contributed by atoms with Crippen LogP contribution in [-0.2, 0) is 19.1 Å². The van der Waals surface area contributed by atoms with Gasteiger partial charge in [0.25, 0.3) is 5.56 Å². The van der Waals surface area contributed by atoms with E-state index in [1.807, 2.05) is 37.3 Å². The summed E-state index contributed by atoms with van der Waals surface area (Å²) in [6.45, 7) is 1.72. The van der Waals surface area contributed by atoms with E-state index in [2.05, 4.69) is 10.1 Å². The fraction of sp³-hybridized carbons (Fsp3) is 0.174. The number of hydrogen-bond acceptors (Lipinski definition) is 5. The molecule has 0 saturated heterocycles. The van der Waals surface area contributed by atoms with Gasteiger partial charge in [0.15, 0.2) is 17.3 Å². The van der Waals surface area contributed by atoms with Crippen LogP contribution in [0.25, 0.3) is 22.6 Å². The van der Waals surface area contributed by atoms with Crippen molar-refractivity contribution < 1.29 is 27.2 Å². The van der Waals surface area contributed by atoms with E-state index in [-0.39, 0.29) is 29.6 Å². The Bertz CT molecular complexity index is 1360. The van der Waals surface area contributed by atoms with Crippen LogP contribution in [0.15, 0.2) is 63.9 Å². The maximum absolute atomic E-state index is 13.5. The zero-order chi connectivity index (χ0) is 23.8. The highest BCUT2D eigenvalue weighted by Crippen LogP contribution is 2.40. The normalized spacial score (nSPS) is 11.7. The van der Waals surface area contributed by atoms with Crippen molar-refractivity contribution in [1.29, 1.82) is 0 Å². The molecule has 0 atom stereocenters. The monoisotopic (exact) mass is 459 g/mol. The summed E-state index contributed by atoms with van der Waals surface area (Å²) in [6.07, 6.45) is -4.47. The Morgan fingerprint density at radius 3 is 2.48 bits per heavy atom. The average Bonchev–Trinajstić information content (AvgIpc) is 3.25. The standard InChI is InChI=1S/C23H17F4N3O3/c1-2-21-28-18(13-6-4-3-5-7-13)11-22(32)30(21)12-14-8-20(33-29-14)15-9-19(31)17(24)10-16(15)23(25,26)27/h3-11,31H,2,12H2,1H3. The lowest BCUT2D eigenvalue weighted by atomic mass is 10.0. The molecule has 6 nitrogen and oxygen atoms in total. The molecule has 0 spiro atoms. The molecule has 10 heteroatoms. The van der Waals surface area contributed by atoms with Crippen molar-refractivity contribution in [3.63, 3.8) is 0 Å². The molecule has 0 saturated carbocycles. The lowest BCUT2D eigenvalue weighted by Crippen LogP contribution is -2.25. The van der Waals surface area contributed by atoms with Gasteiger partial charge in [-0.3, -0.25) is 9.36 Å². The van der Waals surface area contributed by atoms with Gasteiger partial charge < -0.3 is 9.63 Å². The highest BCUT2D eigenvalue weighted by atomic mass is 19.4. The van der Waals surface area contributed by atoms with Crippen LogP contribution in [0, 0.1) is 5.82 Å². The second-order valence-corrected chi connectivity index (χ2v) is 7.23. The largest absolute Gasteiger partial charge is 0.505 e. The van der Waals surface area contributed by atoms with Gasteiger partial charge >= 0.3 is 6.18 Å². The number of phenols is 1. The Kier molecular flexibility index (Phi) is 5.75. The summed E-state index contributed by atoms with van der Waals surface area (Å²) < 4.78 is 60.0. The third kappa shape index (κ3) is 4.50. The van der Waals surface area contributed by atoms with Crippen molar-refractivity contribution in [1.82, 2.24) is 14.7 Å². The molecule has 0 aliphatic heterocycles. The fourth-order valence-electron chi connectivity index (χ4n) is 3.43. The van der Waals surface area contributed by atoms with Crippen molar-refractivity contribution in [3.05, 3.63) is 87.9 Å². The van der Waals surface area contributed by atoms with Crippen LogP contribution in [0.3, 0.4) is 0 Å². The van der Waals surface area contributed by atoms with E-state index < -0.39 is 28.9 Å². The minimum Gasteiger partial charge on any atom is -0.505 e. The lowest BCUT2D eigenvalue weighted by Gasteiger charge is -2.12. The van der Waals surface area contributed by atoms with E-state index in [1.165, 1.54) is 16.7 Å². The first kappa shape index (κ1) is 22.3. The Morgan fingerprint density at radius 1 is 1.09 bits per heavy atom. The molecule has 2 heterocycles. The number of alkyl halides is 3. The van der Waals surface area contributed by atoms with Gasteiger partial charge in [0, 0.05) is 29.7 Å². The summed E-state index contributed by atoms with van der Waals surface area (Å²) in [5.74, 6) is -2.23. The highest BCUT2D eigenvalue weighted by molar-refractivity contribution is 5.65. The average molecular weight is 459 g/mol. The smallest absolute Gasteiger partial charge is 0.417 e. The van der Waals surface area contributed by atoms with Crippen LogP contribution < -0.4 is 5.56 Å². The number of aromatic hydroxyl groups is 1. The number of nitrogens with zero attached hydrogens (tertiary/aromatic N) is 3. The van der Waals surface area contributed by atoms with Gasteiger partial charge in [-0.1, -0.05) is 42.4 Å². The number of hydrogen-bond donors (Lipinski definition) is 1. The van der Waals surface area contributed by atoms with Crippen LogP contribution in [0.4, 0.5) is 17.6 Å². The molecule has 170 valence electrons. The van der Waals surface area contributed by atoms with Gasteiger partial charge in [-0.15, -0.1) is 0 Å². The Labute approximate surface area is 184 Å². The van der Waals surface area contributed by atoms with Crippen LogP contribution in [0.1, 0.15) is 24.0 Å². The molecule has 2 aromatic carbocycles. The molecule has 0 aliphatic carbocycles. The SMILES string of the molecule is CCc1nc(-c2ccccc2)cc(=O)n1Cc1cc(-c2cc(O)c(F)cc2C(F)(F)F)on1. The van der Waals surface area contributed by atoms with Gasteiger partial charge in [-0.25, -0.2) is 9.37 Å². The molecule has 4 aromatic rings. The third-order valence-corrected chi connectivity index (χ3v) is 5.01. The first-order valence-corrected chi connectivity index (χ1v) is 9.89. The van der Waals surface area contributed by atoms with Crippen LogP contribution in [0.5, 0.6) is 5.75 Å². The quantitative estimate of drug-likeness (QED) is 0.423. The van der Waals surface area contributed by atoms with Crippen molar-refractivity contribution >= 4 is 0 Å². The number of benzene rings is 2. The number of phenolic OH excluding ortho intramolecular Hbond substituents is 1. The summed E-state index contributed by atoms with van der Waals surface area (Å²) in [5.41, 5.74) is -0.808. The summed E-state index contributed by atoms with van der Waals surface area (Å²) in [5, 5.41) is 13.3. The van der Waals surface area contributed by atoms with E-state index in [4.69, 9.17) is 4.52 Å². The van der Waals surface area contributed by atoms with Gasteiger partial charge in [-0.05, 0) is 12.1 Å². The minimum atomic E-state index is -4.89. The maximum atomic E-state index is 13.5. The Balaban J connectivity index is 1.71. The van der Waals surface area contributed by atoms with E-state index >= 15 is 0 Å². The predicted molar refractivity (Wildman–Crippen MR) is 111 cm³/mol. The van der Waals surface area contributed by atoms with Crippen LogP contribution in [0.2, 0.25) is 0 Å². The van der Waals surface area contributed by atoms with Crippen LogP contribution in [-0.4, -0.2) is 19.8 Å². The first-order chi connectivity index (χ1) is 15.7.